The van der Waals surface area contributed by atoms with Gasteiger partial charge < -0.3 is 10.1 Å². The van der Waals surface area contributed by atoms with E-state index in [1.54, 1.807) is 0 Å². The van der Waals surface area contributed by atoms with Gasteiger partial charge in [0.1, 0.15) is 12.4 Å². The third-order valence-corrected chi connectivity index (χ3v) is 2.26. The van der Waals surface area contributed by atoms with Crippen molar-refractivity contribution in [3.63, 3.8) is 0 Å². The second kappa shape index (κ2) is 6.62. The predicted octanol–water partition coefficient (Wildman–Crippen LogP) is 1.79. The first-order chi connectivity index (χ1) is 7.22. The maximum absolute atomic E-state index is 11.7. The topological polar surface area (TPSA) is 47.0 Å². The van der Waals surface area contributed by atoms with Gasteiger partial charge in [-0.3, -0.25) is 0 Å². The normalized spacial score (nSPS) is 10.9. The molecule has 1 aromatic rings. The van der Waals surface area contributed by atoms with Gasteiger partial charge in [-0.15, -0.1) is 0 Å². The van der Waals surface area contributed by atoms with Crippen LogP contribution in [0.2, 0.25) is 0 Å². The Labute approximate surface area is 90.8 Å². The molecule has 0 aliphatic rings. The van der Waals surface area contributed by atoms with E-state index < -0.39 is 13.0 Å². The van der Waals surface area contributed by atoms with Crippen molar-refractivity contribution >= 4 is 16.7 Å². The molecular weight excluding hydrogens is 224 g/mol. The van der Waals surface area contributed by atoms with Gasteiger partial charge in [0, 0.05) is 24.5 Å². The van der Waals surface area contributed by atoms with Crippen molar-refractivity contribution in [1.29, 1.82) is 0 Å². The zero-order chi connectivity index (χ0) is 11.1. The fourth-order valence-electron chi connectivity index (χ4n) is 0.872. The number of halogens is 2. The first kappa shape index (κ1) is 12.3. The van der Waals surface area contributed by atoms with Gasteiger partial charge in [0.25, 0.3) is 6.43 Å². The number of aryl methyl sites for hydroxylation is 1. The monoisotopic (exact) mass is 237 g/mol. The molecule has 0 radical (unpaired) electrons. The Hall–Kier alpha value is -0.820. The second-order valence-electron chi connectivity index (χ2n) is 2.76. The van der Waals surface area contributed by atoms with Gasteiger partial charge in [-0.05, 0) is 0 Å². The number of hydrogen-bond acceptors (Lipinski definition) is 5. The van der Waals surface area contributed by atoms with Gasteiger partial charge >= 0.3 is 0 Å². The number of hydrogen-bond donors (Lipinski definition) is 1. The molecule has 0 atom stereocenters. The van der Waals surface area contributed by atoms with Crippen LogP contribution < -0.4 is 5.32 Å². The summed E-state index contributed by atoms with van der Waals surface area (Å²) in [4.78, 5) is 4.15. The molecule has 0 fully saturated rings. The highest BCUT2D eigenvalue weighted by Crippen LogP contribution is 2.10. The summed E-state index contributed by atoms with van der Waals surface area (Å²) in [5, 5.41) is 3.65. The SMILES string of the molecule is CCc1nsc(NCCOCC(F)F)n1. The summed E-state index contributed by atoms with van der Waals surface area (Å²) in [6.07, 6.45) is -1.61. The van der Waals surface area contributed by atoms with Crippen LogP contribution in [0.4, 0.5) is 13.9 Å². The Bertz CT molecular complexity index is 283. The summed E-state index contributed by atoms with van der Waals surface area (Å²) in [5.41, 5.74) is 0. The highest BCUT2D eigenvalue weighted by atomic mass is 32.1. The summed E-state index contributed by atoms with van der Waals surface area (Å²) in [5.74, 6) is 0.788. The molecule has 0 aliphatic heterocycles. The third kappa shape index (κ3) is 4.98. The van der Waals surface area contributed by atoms with Gasteiger partial charge in [-0.2, -0.15) is 4.37 Å². The average molecular weight is 237 g/mol. The molecule has 0 spiro atoms. The molecule has 0 aromatic carbocycles. The summed E-state index contributed by atoms with van der Waals surface area (Å²) in [6, 6.07) is 0. The van der Waals surface area contributed by atoms with Crippen molar-refractivity contribution in [2.75, 3.05) is 25.1 Å². The quantitative estimate of drug-likeness (QED) is 0.734. The highest BCUT2D eigenvalue weighted by molar-refractivity contribution is 7.09. The van der Waals surface area contributed by atoms with Crippen LogP contribution in [0.25, 0.3) is 0 Å². The van der Waals surface area contributed by atoms with Gasteiger partial charge in [-0.1, -0.05) is 6.92 Å². The van der Waals surface area contributed by atoms with E-state index in [2.05, 4.69) is 14.7 Å². The van der Waals surface area contributed by atoms with Gasteiger partial charge in [0.15, 0.2) is 0 Å². The number of rotatable bonds is 7. The lowest BCUT2D eigenvalue weighted by Gasteiger charge is -2.03. The van der Waals surface area contributed by atoms with Crippen molar-refractivity contribution in [3.8, 4) is 0 Å². The van der Waals surface area contributed by atoms with Crippen LogP contribution in [0.5, 0.6) is 0 Å². The summed E-state index contributed by atoms with van der Waals surface area (Å²) in [7, 11) is 0. The Kier molecular flexibility index (Phi) is 5.41. The minimum absolute atomic E-state index is 0.241. The van der Waals surface area contributed by atoms with E-state index in [9.17, 15) is 8.78 Å². The zero-order valence-electron chi connectivity index (χ0n) is 8.37. The van der Waals surface area contributed by atoms with Crippen molar-refractivity contribution in [2.24, 2.45) is 0 Å². The molecule has 4 nitrogen and oxygen atoms in total. The summed E-state index contributed by atoms with van der Waals surface area (Å²) < 4.78 is 32.1. The molecule has 1 N–H and O–H groups in total. The van der Waals surface area contributed by atoms with E-state index in [4.69, 9.17) is 4.74 Å². The Morgan fingerprint density at radius 1 is 1.53 bits per heavy atom. The lowest BCUT2D eigenvalue weighted by atomic mass is 10.5. The number of nitrogens with one attached hydrogen (secondary N) is 1. The van der Waals surface area contributed by atoms with Crippen molar-refractivity contribution in [3.05, 3.63) is 5.82 Å². The van der Waals surface area contributed by atoms with Gasteiger partial charge in [0.2, 0.25) is 5.13 Å². The van der Waals surface area contributed by atoms with Crippen molar-refractivity contribution in [1.82, 2.24) is 9.36 Å². The van der Waals surface area contributed by atoms with Crippen LogP contribution in [-0.2, 0) is 11.2 Å². The standard InChI is InChI=1S/C8H13F2N3OS/c1-2-7-12-8(15-13-7)11-3-4-14-5-6(9)10/h6H,2-5H2,1H3,(H,11,12,13). The van der Waals surface area contributed by atoms with Crippen LogP contribution in [-0.4, -0.2) is 35.5 Å². The van der Waals surface area contributed by atoms with Crippen LogP contribution in [0.15, 0.2) is 0 Å². The molecule has 0 aliphatic carbocycles. The van der Waals surface area contributed by atoms with Gasteiger partial charge in [0.05, 0.1) is 6.61 Å². The van der Waals surface area contributed by atoms with Crippen LogP contribution in [0.1, 0.15) is 12.7 Å². The van der Waals surface area contributed by atoms with Crippen LogP contribution in [0.3, 0.4) is 0 Å². The molecule has 15 heavy (non-hydrogen) atoms. The smallest absolute Gasteiger partial charge is 0.261 e. The maximum atomic E-state index is 11.7. The fraction of sp³-hybridized carbons (Fsp3) is 0.750. The Balaban J connectivity index is 2.09. The molecule has 0 saturated carbocycles. The van der Waals surface area contributed by atoms with E-state index in [0.717, 1.165) is 12.2 Å². The minimum Gasteiger partial charge on any atom is -0.374 e. The van der Waals surface area contributed by atoms with Crippen molar-refractivity contribution in [2.45, 2.75) is 19.8 Å². The molecular formula is C8H13F2N3OS. The second-order valence-corrected chi connectivity index (χ2v) is 3.51. The first-order valence-electron chi connectivity index (χ1n) is 4.64. The summed E-state index contributed by atoms with van der Waals surface area (Å²) in [6.45, 7) is 2.16. The van der Waals surface area contributed by atoms with E-state index in [0.29, 0.717) is 11.7 Å². The maximum Gasteiger partial charge on any atom is 0.261 e. The van der Waals surface area contributed by atoms with E-state index in [-0.39, 0.29) is 6.61 Å². The molecule has 0 unspecified atom stereocenters. The van der Waals surface area contributed by atoms with Crippen LogP contribution in [0, 0.1) is 0 Å². The zero-order valence-corrected chi connectivity index (χ0v) is 9.19. The molecule has 0 bridgehead atoms. The molecule has 1 heterocycles. The number of alkyl halides is 2. The van der Waals surface area contributed by atoms with Crippen LogP contribution >= 0.6 is 11.5 Å². The first-order valence-corrected chi connectivity index (χ1v) is 5.42. The lowest BCUT2D eigenvalue weighted by Crippen LogP contribution is -2.12. The Morgan fingerprint density at radius 2 is 2.33 bits per heavy atom. The van der Waals surface area contributed by atoms with Crippen molar-refractivity contribution < 1.29 is 13.5 Å². The average Bonchev–Trinajstić information content (AvgIpc) is 2.65. The molecule has 1 aromatic heterocycles. The number of anilines is 1. The number of nitrogens with zero attached hydrogens (tertiary/aromatic N) is 2. The minimum atomic E-state index is -2.40. The Morgan fingerprint density at radius 3 is 2.93 bits per heavy atom. The molecule has 1 rings (SSSR count). The lowest BCUT2D eigenvalue weighted by molar-refractivity contribution is 0.0215. The largest absolute Gasteiger partial charge is 0.374 e. The van der Waals surface area contributed by atoms with E-state index in [1.165, 1.54) is 11.5 Å². The molecule has 7 heteroatoms. The molecule has 86 valence electrons. The summed E-state index contributed by atoms with van der Waals surface area (Å²) >= 11 is 1.26. The number of aromatic nitrogens is 2. The van der Waals surface area contributed by atoms with Gasteiger partial charge in [-0.25, -0.2) is 13.8 Å². The van der Waals surface area contributed by atoms with E-state index in [1.807, 2.05) is 6.92 Å². The number of ether oxygens (including phenoxy) is 1. The fourth-order valence-corrected chi connectivity index (χ4v) is 1.55. The molecule has 0 saturated heterocycles. The predicted molar refractivity (Wildman–Crippen MR) is 54.6 cm³/mol. The molecule has 0 amide bonds. The van der Waals surface area contributed by atoms with E-state index >= 15 is 0 Å². The third-order valence-electron chi connectivity index (χ3n) is 1.55. The highest BCUT2D eigenvalue weighted by Gasteiger charge is 2.02.